The van der Waals surface area contributed by atoms with E-state index in [0.717, 1.165) is 10.6 Å². The molecule has 90 valence electrons. The van der Waals surface area contributed by atoms with E-state index in [-0.39, 0.29) is 15.6 Å². The molecular weight excluding hydrogens is 281 g/mol. The lowest BCUT2D eigenvalue weighted by Crippen LogP contribution is -2.24. The van der Waals surface area contributed by atoms with Crippen LogP contribution in [-0.2, 0) is 13.0 Å². The van der Waals surface area contributed by atoms with Crippen molar-refractivity contribution in [1.29, 1.82) is 0 Å². The zero-order valence-electron chi connectivity index (χ0n) is 8.98. The molecule has 0 saturated heterocycles. The first-order valence-electron chi connectivity index (χ1n) is 4.89. The summed E-state index contributed by atoms with van der Waals surface area (Å²) in [6, 6.07) is 0. The molecule has 2 aromatic rings. The first kappa shape index (κ1) is 12.5. The Bertz CT molecular complexity index is 593. The van der Waals surface area contributed by atoms with Crippen LogP contribution in [0.1, 0.15) is 10.6 Å². The molecule has 0 atom stereocenters. The average Bonchev–Trinajstić information content (AvgIpc) is 2.71. The largest absolute Gasteiger partial charge is 0.287 e. The molecule has 2 heterocycles. The molecule has 0 amide bonds. The van der Waals surface area contributed by atoms with Crippen molar-refractivity contribution in [3.05, 3.63) is 42.7 Å². The van der Waals surface area contributed by atoms with Crippen LogP contribution in [0, 0.1) is 6.92 Å². The summed E-state index contributed by atoms with van der Waals surface area (Å²) in [5, 5.41) is 4.14. The van der Waals surface area contributed by atoms with Gasteiger partial charge in [-0.1, -0.05) is 23.2 Å². The van der Waals surface area contributed by atoms with Crippen molar-refractivity contribution in [2.24, 2.45) is 0 Å². The van der Waals surface area contributed by atoms with Crippen LogP contribution >= 0.6 is 34.5 Å². The molecule has 4 nitrogen and oxygen atoms in total. The predicted molar refractivity (Wildman–Crippen MR) is 69.1 cm³/mol. The van der Waals surface area contributed by atoms with E-state index in [0.29, 0.717) is 13.0 Å². The van der Waals surface area contributed by atoms with Gasteiger partial charge in [0, 0.05) is 17.8 Å². The Kier molecular flexibility index (Phi) is 3.81. The van der Waals surface area contributed by atoms with Crippen molar-refractivity contribution in [2.45, 2.75) is 19.9 Å². The summed E-state index contributed by atoms with van der Waals surface area (Å²) in [4.78, 5) is 17.0. The second-order valence-electron chi connectivity index (χ2n) is 3.45. The van der Waals surface area contributed by atoms with Gasteiger partial charge >= 0.3 is 0 Å². The molecule has 0 N–H and O–H groups in total. The van der Waals surface area contributed by atoms with Crippen molar-refractivity contribution in [1.82, 2.24) is 14.8 Å². The third kappa shape index (κ3) is 2.68. The van der Waals surface area contributed by atoms with Gasteiger partial charge in [0.25, 0.3) is 5.56 Å². The molecule has 0 unspecified atom stereocenters. The molecule has 0 aliphatic heterocycles. The number of rotatable bonds is 3. The fourth-order valence-electron chi connectivity index (χ4n) is 1.38. The van der Waals surface area contributed by atoms with Crippen molar-refractivity contribution >= 4 is 34.5 Å². The maximum atomic E-state index is 11.7. The maximum absolute atomic E-state index is 11.7. The number of aryl methyl sites for hydroxylation is 3. The molecule has 0 aliphatic carbocycles. The lowest BCUT2D eigenvalue weighted by molar-refractivity contribution is 0.580. The molecule has 0 spiro atoms. The van der Waals surface area contributed by atoms with Crippen molar-refractivity contribution in [2.75, 3.05) is 0 Å². The predicted octanol–water partition coefficient (Wildman–Crippen LogP) is 2.56. The first-order chi connectivity index (χ1) is 8.09. The second-order valence-corrected chi connectivity index (χ2v) is 5.17. The highest BCUT2D eigenvalue weighted by Gasteiger charge is 2.08. The fraction of sp³-hybridized carbons (Fsp3) is 0.300. The molecule has 0 saturated carbocycles. The molecule has 0 fully saturated rings. The maximum Gasteiger partial charge on any atom is 0.287 e. The standard InChI is InChI=1S/C10H9Cl2N3OS/c1-6-8(17-5-13-6)2-3-15-10(16)9(12)7(11)4-14-15/h4-5H,2-3H2,1H3. The number of nitrogens with zero attached hydrogens (tertiary/aromatic N) is 3. The minimum absolute atomic E-state index is 0.0164. The quantitative estimate of drug-likeness (QED) is 0.872. The summed E-state index contributed by atoms with van der Waals surface area (Å²) in [5.74, 6) is 0. The van der Waals surface area contributed by atoms with Crippen molar-refractivity contribution in [3.8, 4) is 0 Å². The summed E-state index contributed by atoms with van der Waals surface area (Å²) < 4.78 is 1.31. The lowest BCUT2D eigenvalue weighted by Gasteiger charge is -2.04. The van der Waals surface area contributed by atoms with Gasteiger partial charge in [-0.2, -0.15) is 5.10 Å². The van der Waals surface area contributed by atoms with E-state index < -0.39 is 0 Å². The molecule has 2 rings (SSSR count). The van der Waals surface area contributed by atoms with Crippen LogP contribution in [0.25, 0.3) is 0 Å². The number of halogens is 2. The first-order valence-corrected chi connectivity index (χ1v) is 6.53. The molecule has 0 aromatic carbocycles. The SMILES string of the molecule is Cc1ncsc1CCn1ncc(Cl)c(Cl)c1=O. The normalized spacial score (nSPS) is 10.8. The van der Waals surface area contributed by atoms with Gasteiger partial charge in [0.2, 0.25) is 0 Å². The second kappa shape index (κ2) is 5.16. The Morgan fingerprint density at radius 3 is 2.88 bits per heavy atom. The van der Waals surface area contributed by atoms with Gasteiger partial charge in [-0.15, -0.1) is 11.3 Å². The molecule has 2 aromatic heterocycles. The van der Waals surface area contributed by atoms with E-state index in [4.69, 9.17) is 23.2 Å². The molecule has 0 aliphatic rings. The Morgan fingerprint density at radius 1 is 1.47 bits per heavy atom. The molecular formula is C10H9Cl2N3OS. The Labute approximate surface area is 112 Å². The van der Waals surface area contributed by atoms with Gasteiger partial charge in [0.15, 0.2) is 0 Å². The summed E-state index contributed by atoms with van der Waals surface area (Å²) in [7, 11) is 0. The highest BCUT2D eigenvalue weighted by Crippen LogP contribution is 2.16. The van der Waals surface area contributed by atoms with Crippen molar-refractivity contribution < 1.29 is 0 Å². The third-order valence-corrected chi connectivity index (χ3v) is 4.08. The van der Waals surface area contributed by atoms with E-state index in [1.165, 1.54) is 10.9 Å². The van der Waals surface area contributed by atoms with E-state index in [9.17, 15) is 4.79 Å². The number of aromatic nitrogens is 3. The van der Waals surface area contributed by atoms with E-state index in [1.807, 2.05) is 6.92 Å². The van der Waals surface area contributed by atoms with E-state index in [2.05, 4.69) is 10.1 Å². The van der Waals surface area contributed by atoms with Crippen LogP contribution < -0.4 is 5.56 Å². The minimum atomic E-state index is -0.360. The van der Waals surface area contributed by atoms with Gasteiger partial charge in [-0.25, -0.2) is 9.67 Å². The Morgan fingerprint density at radius 2 is 2.24 bits per heavy atom. The molecule has 0 radical (unpaired) electrons. The Hall–Kier alpha value is -0.910. The van der Waals surface area contributed by atoms with Gasteiger partial charge in [-0.05, 0) is 6.92 Å². The molecule has 7 heteroatoms. The zero-order chi connectivity index (χ0) is 12.4. The van der Waals surface area contributed by atoms with Gasteiger partial charge < -0.3 is 0 Å². The van der Waals surface area contributed by atoms with E-state index >= 15 is 0 Å². The average molecular weight is 290 g/mol. The fourth-order valence-corrected chi connectivity index (χ4v) is 2.42. The van der Waals surface area contributed by atoms with Crippen LogP contribution in [0.4, 0.5) is 0 Å². The Balaban J connectivity index is 2.18. The summed E-state index contributed by atoms with van der Waals surface area (Å²) in [6.07, 6.45) is 2.09. The smallest absolute Gasteiger partial charge is 0.266 e. The minimum Gasteiger partial charge on any atom is -0.266 e. The van der Waals surface area contributed by atoms with Crippen LogP contribution in [0.2, 0.25) is 10.0 Å². The third-order valence-electron chi connectivity index (χ3n) is 2.34. The van der Waals surface area contributed by atoms with Crippen molar-refractivity contribution in [3.63, 3.8) is 0 Å². The van der Waals surface area contributed by atoms with Gasteiger partial charge in [0.1, 0.15) is 5.02 Å². The number of thiazole rings is 1. The molecule has 17 heavy (non-hydrogen) atoms. The van der Waals surface area contributed by atoms with Crippen LogP contribution in [0.3, 0.4) is 0 Å². The number of hydrogen-bond donors (Lipinski definition) is 0. The van der Waals surface area contributed by atoms with Gasteiger partial charge in [-0.3, -0.25) is 4.79 Å². The molecule has 0 bridgehead atoms. The summed E-state index contributed by atoms with van der Waals surface area (Å²) in [5.41, 5.74) is 2.42. The highest BCUT2D eigenvalue weighted by atomic mass is 35.5. The lowest BCUT2D eigenvalue weighted by atomic mass is 10.3. The summed E-state index contributed by atoms with van der Waals surface area (Å²) in [6.45, 7) is 2.41. The van der Waals surface area contributed by atoms with Crippen LogP contribution in [0.5, 0.6) is 0 Å². The van der Waals surface area contributed by atoms with Crippen LogP contribution in [0.15, 0.2) is 16.5 Å². The zero-order valence-corrected chi connectivity index (χ0v) is 11.3. The van der Waals surface area contributed by atoms with E-state index in [1.54, 1.807) is 16.8 Å². The summed E-state index contributed by atoms with van der Waals surface area (Å²) >= 11 is 13.0. The topological polar surface area (TPSA) is 47.8 Å². The monoisotopic (exact) mass is 289 g/mol. The van der Waals surface area contributed by atoms with Gasteiger partial charge in [0.05, 0.1) is 22.4 Å². The highest BCUT2D eigenvalue weighted by molar-refractivity contribution is 7.09. The number of hydrogen-bond acceptors (Lipinski definition) is 4. The van der Waals surface area contributed by atoms with Crippen LogP contribution in [-0.4, -0.2) is 14.8 Å².